The average Bonchev–Trinajstić information content (AvgIpc) is 2.83. The Labute approximate surface area is 132 Å². The van der Waals surface area contributed by atoms with E-state index in [1.807, 2.05) is 18.2 Å². The van der Waals surface area contributed by atoms with Crippen molar-refractivity contribution in [1.29, 1.82) is 0 Å². The third-order valence-electron chi connectivity index (χ3n) is 4.27. The molecule has 22 heavy (non-hydrogen) atoms. The van der Waals surface area contributed by atoms with Crippen molar-refractivity contribution in [2.24, 2.45) is 0 Å². The smallest absolute Gasteiger partial charge is 0.331 e. The number of nitrogens with one attached hydrogen (secondary N) is 1. The van der Waals surface area contributed by atoms with Crippen LogP contribution in [0.2, 0.25) is 0 Å². The third kappa shape index (κ3) is 2.14. The molecule has 1 N–H and O–H groups in total. The van der Waals surface area contributed by atoms with Crippen molar-refractivity contribution in [2.45, 2.75) is 32.1 Å². The zero-order chi connectivity index (χ0) is 15.1. The highest BCUT2D eigenvalue weighted by molar-refractivity contribution is 7.71. The molecule has 0 radical (unpaired) electrons. The van der Waals surface area contributed by atoms with Crippen molar-refractivity contribution >= 4 is 12.2 Å². The van der Waals surface area contributed by atoms with Gasteiger partial charge in [-0.2, -0.15) is 0 Å². The van der Waals surface area contributed by atoms with E-state index in [1.54, 1.807) is 4.57 Å². The SMILES string of the molecule is O=c1[nH]c(=S)c2c(n1-c1ccc3c(c1)OCO3)CCCCC2. The Bertz CT molecular complexity index is 853. The molecular weight excluding hydrogens is 300 g/mol. The van der Waals surface area contributed by atoms with Gasteiger partial charge >= 0.3 is 5.69 Å². The van der Waals surface area contributed by atoms with Crippen LogP contribution in [-0.4, -0.2) is 16.3 Å². The predicted molar refractivity (Wildman–Crippen MR) is 84.6 cm³/mol. The van der Waals surface area contributed by atoms with Crippen LogP contribution < -0.4 is 15.2 Å². The van der Waals surface area contributed by atoms with Gasteiger partial charge in [-0.15, -0.1) is 0 Å². The fourth-order valence-electron chi connectivity index (χ4n) is 3.21. The second kappa shape index (κ2) is 5.28. The fraction of sp³-hybridized carbons (Fsp3) is 0.375. The molecule has 0 saturated carbocycles. The second-order valence-corrected chi connectivity index (χ2v) is 6.03. The highest BCUT2D eigenvalue weighted by atomic mass is 32.1. The number of aromatic amines is 1. The van der Waals surface area contributed by atoms with Crippen LogP contribution in [0.15, 0.2) is 23.0 Å². The van der Waals surface area contributed by atoms with Crippen LogP contribution in [0.4, 0.5) is 0 Å². The largest absolute Gasteiger partial charge is 0.454 e. The molecule has 1 aliphatic carbocycles. The van der Waals surface area contributed by atoms with Crippen molar-refractivity contribution in [3.63, 3.8) is 0 Å². The van der Waals surface area contributed by atoms with E-state index in [4.69, 9.17) is 21.7 Å². The molecule has 2 aromatic rings. The van der Waals surface area contributed by atoms with Gasteiger partial charge in [-0.3, -0.25) is 9.55 Å². The van der Waals surface area contributed by atoms with E-state index in [0.717, 1.165) is 42.6 Å². The molecule has 2 heterocycles. The maximum absolute atomic E-state index is 12.5. The Kier molecular flexibility index (Phi) is 3.26. The first kappa shape index (κ1) is 13.6. The predicted octanol–water partition coefficient (Wildman–Crippen LogP) is 2.89. The van der Waals surface area contributed by atoms with Gasteiger partial charge in [0.15, 0.2) is 11.5 Å². The van der Waals surface area contributed by atoms with Crippen LogP contribution in [0.1, 0.15) is 30.5 Å². The van der Waals surface area contributed by atoms with Gasteiger partial charge in [-0.1, -0.05) is 18.6 Å². The third-order valence-corrected chi connectivity index (χ3v) is 4.62. The molecule has 1 aliphatic heterocycles. The maximum Gasteiger partial charge on any atom is 0.331 e. The number of nitrogens with zero attached hydrogens (tertiary/aromatic N) is 1. The summed E-state index contributed by atoms with van der Waals surface area (Å²) in [4.78, 5) is 15.3. The summed E-state index contributed by atoms with van der Waals surface area (Å²) in [6, 6.07) is 5.58. The lowest BCUT2D eigenvalue weighted by Gasteiger charge is -2.15. The van der Waals surface area contributed by atoms with Gasteiger partial charge in [-0.05, 0) is 37.8 Å². The van der Waals surface area contributed by atoms with Crippen LogP contribution in [0.5, 0.6) is 11.5 Å². The van der Waals surface area contributed by atoms with Gasteiger partial charge in [0.2, 0.25) is 6.79 Å². The van der Waals surface area contributed by atoms with Crippen LogP contribution >= 0.6 is 12.2 Å². The summed E-state index contributed by atoms with van der Waals surface area (Å²) in [7, 11) is 0. The van der Waals surface area contributed by atoms with Crippen molar-refractivity contribution < 1.29 is 9.47 Å². The number of hydrogen-bond donors (Lipinski definition) is 1. The first-order valence-electron chi connectivity index (χ1n) is 7.51. The minimum Gasteiger partial charge on any atom is -0.454 e. The molecule has 0 spiro atoms. The second-order valence-electron chi connectivity index (χ2n) is 5.62. The van der Waals surface area contributed by atoms with E-state index in [-0.39, 0.29) is 12.5 Å². The molecule has 0 amide bonds. The van der Waals surface area contributed by atoms with Crippen LogP contribution in [0, 0.1) is 4.64 Å². The minimum absolute atomic E-state index is 0.190. The van der Waals surface area contributed by atoms with Gasteiger partial charge in [0.05, 0.1) is 5.69 Å². The Morgan fingerprint density at radius 2 is 1.91 bits per heavy atom. The van der Waals surface area contributed by atoms with E-state index in [1.165, 1.54) is 6.42 Å². The lowest BCUT2D eigenvalue weighted by molar-refractivity contribution is 0.174. The molecule has 4 rings (SSSR count). The lowest BCUT2D eigenvalue weighted by Crippen LogP contribution is -2.26. The molecule has 114 valence electrons. The average molecular weight is 316 g/mol. The van der Waals surface area contributed by atoms with E-state index < -0.39 is 0 Å². The van der Waals surface area contributed by atoms with Gasteiger partial charge in [0.1, 0.15) is 4.64 Å². The molecule has 5 nitrogen and oxygen atoms in total. The Morgan fingerprint density at radius 3 is 2.82 bits per heavy atom. The van der Waals surface area contributed by atoms with E-state index in [9.17, 15) is 4.79 Å². The molecule has 1 aromatic carbocycles. The van der Waals surface area contributed by atoms with E-state index in [2.05, 4.69) is 4.98 Å². The molecule has 2 aliphatic rings. The van der Waals surface area contributed by atoms with Gasteiger partial charge in [0.25, 0.3) is 0 Å². The zero-order valence-corrected chi connectivity index (χ0v) is 12.9. The normalized spacial score (nSPS) is 16.2. The van der Waals surface area contributed by atoms with Gasteiger partial charge in [-0.25, -0.2) is 4.79 Å². The Balaban J connectivity index is 1.95. The maximum atomic E-state index is 12.5. The summed E-state index contributed by atoms with van der Waals surface area (Å²) < 4.78 is 13.1. The van der Waals surface area contributed by atoms with Gasteiger partial charge < -0.3 is 9.47 Å². The molecule has 6 heteroatoms. The summed E-state index contributed by atoms with van der Waals surface area (Å²) in [5, 5.41) is 0. The number of fused-ring (bicyclic) bond motifs is 2. The van der Waals surface area contributed by atoms with Crippen molar-refractivity contribution in [3.05, 3.63) is 44.6 Å². The number of hydrogen-bond acceptors (Lipinski definition) is 4. The quantitative estimate of drug-likeness (QED) is 0.649. The number of benzene rings is 1. The molecule has 0 atom stereocenters. The summed E-state index contributed by atoms with van der Waals surface area (Å²) in [5.74, 6) is 1.39. The lowest BCUT2D eigenvalue weighted by atomic mass is 10.1. The molecule has 0 fully saturated rings. The zero-order valence-electron chi connectivity index (χ0n) is 12.1. The molecular formula is C16H16N2O3S. The van der Waals surface area contributed by atoms with Crippen LogP contribution in [-0.2, 0) is 12.8 Å². The van der Waals surface area contributed by atoms with Crippen molar-refractivity contribution in [3.8, 4) is 17.2 Å². The van der Waals surface area contributed by atoms with Gasteiger partial charge in [0, 0.05) is 17.3 Å². The first-order valence-corrected chi connectivity index (χ1v) is 7.92. The molecule has 0 saturated heterocycles. The first-order chi connectivity index (χ1) is 10.7. The van der Waals surface area contributed by atoms with E-state index in [0.29, 0.717) is 16.1 Å². The van der Waals surface area contributed by atoms with Crippen LogP contribution in [0.3, 0.4) is 0 Å². The topological polar surface area (TPSA) is 56.2 Å². The number of ether oxygens (including phenoxy) is 2. The highest BCUT2D eigenvalue weighted by Gasteiger charge is 2.19. The highest BCUT2D eigenvalue weighted by Crippen LogP contribution is 2.34. The Hall–Kier alpha value is -2.08. The van der Waals surface area contributed by atoms with Crippen LogP contribution in [0.25, 0.3) is 5.69 Å². The summed E-state index contributed by atoms with van der Waals surface area (Å²) >= 11 is 5.36. The molecule has 0 bridgehead atoms. The number of rotatable bonds is 1. The number of aromatic nitrogens is 2. The number of H-pyrrole nitrogens is 1. The molecule has 1 aromatic heterocycles. The van der Waals surface area contributed by atoms with Crippen molar-refractivity contribution in [2.75, 3.05) is 6.79 Å². The fourth-order valence-corrected chi connectivity index (χ4v) is 3.51. The van der Waals surface area contributed by atoms with E-state index >= 15 is 0 Å². The Morgan fingerprint density at radius 1 is 1.09 bits per heavy atom. The summed E-state index contributed by atoms with van der Waals surface area (Å²) in [6.07, 6.45) is 5.16. The van der Waals surface area contributed by atoms with Crippen molar-refractivity contribution in [1.82, 2.24) is 9.55 Å². The standard InChI is InChI=1S/C16H16N2O3S/c19-16-17-15(22)11-4-2-1-3-5-12(11)18(16)10-6-7-13-14(8-10)21-9-20-13/h6-8H,1-5,9H2,(H,17,19,22). The minimum atomic E-state index is -0.190. The monoisotopic (exact) mass is 316 g/mol. The molecule has 0 unspecified atom stereocenters. The summed E-state index contributed by atoms with van der Waals surface area (Å²) in [5.41, 5.74) is 2.73. The summed E-state index contributed by atoms with van der Waals surface area (Å²) in [6.45, 7) is 0.225.